The maximum absolute atomic E-state index is 14.5. The zero-order chi connectivity index (χ0) is 44.1. The molecule has 0 aliphatic carbocycles. The van der Waals surface area contributed by atoms with Gasteiger partial charge in [0.05, 0.1) is 24.3 Å². The number of rotatable bonds is 12. The number of anilines is 1. The number of ketones is 1. The number of hydrogen-bond acceptors (Lipinski definition) is 15. The number of aliphatic hydroxyl groups is 2. The molecule has 5 rings (SSSR count). The number of nitrogens with one attached hydrogen (secondary N) is 1. The number of ether oxygens (including phenoxy) is 5. The van der Waals surface area contributed by atoms with Gasteiger partial charge in [-0.15, -0.1) is 5.10 Å². The highest BCUT2D eigenvalue weighted by Crippen LogP contribution is 2.43. The van der Waals surface area contributed by atoms with Crippen LogP contribution in [0.25, 0.3) is 11.3 Å². The van der Waals surface area contributed by atoms with Gasteiger partial charge in [0.1, 0.15) is 23.8 Å². The molecule has 3 saturated heterocycles. The summed E-state index contributed by atoms with van der Waals surface area (Å²) in [5, 5.41) is 33.9. The summed E-state index contributed by atoms with van der Waals surface area (Å²) in [5.41, 5.74) is 13.3. The highest BCUT2D eigenvalue weighted by atomic mass is 16.8. The van der Waals surface area contributed by atoms with Crippen LogP contribution in [0.1, 0.15) is 87.5 Å². The first kappa shape index (κ1) is 47.3. The first-order valence-electron chi connectivity index (χ1n) is 21.6. The fourth-order valence-electron chi connectivity index (χ4n) is 9.46. The van der Waals surface area contributed by atoms with Crippen molar-refractivity contribution in [2.75, 3.05) is 32.5 Å². The number of nitrogens with two attached hydrogens (primary N) is 2. The van der Waals surface area contributed by atoms with Crippen molar-refractivity contribution in [2.24, 2.45) is 35.3 Å². The number of carbonyl (C=O) groups excluding carboxylic acids is 3. The number of aryl methyl sites for hydroxylation is 1. The number of unbranched alkanes of at least 4 members (excludes halogenated alkanes) is 1. The number of aromatic nitrogens is 3. The Bertz CT molecular complexity index is 1770. The summed E-state index contributed by atoms with van der Waals surface area (Å²) in [6, 6.07) is 5.88. The third kappa shape index (κ3) is 9.82. The molecule has 1 aromatic heterocycles. The molecule has 17 heteroatoms. The minimum absolute atomic E-state index is 0.0807. The van der Waals surface area contributed by atoms with Crippen LogP contribution >= 0.6 is 0 Å². The van der Waals surface area contributed by atoms with Crippen LogP contribution < -0.4 is 16.8 Å². The molecule has 7 N–H and O–H groups in total. The second kappa shape index (κ2) is 20.0. The van der Waals surface area contributed by atoms with E-state index in [1.807, 2.05) is 65.1 Å². The molecule has 14 atom stereocenters. The van der Waals surface area contributed by atoms with Crippen molar-refractivity contribution in [1.29, 1.82) is 0 Å². The third-order valence-corrected chi connectivity index (χ3v) is 13.3. The van der Waals surface area contributed by atoms with Crippen LogP contribution in [0.4, 0.5) is 10.5 Å². The number of amides is 1. The van der Waals surface area contributed by atoms with Gasteiger partial charge in [-0.2, -0.15) is 0 Å². The molecule has 3 aliphatic rings. The van der Waals surface area contributed by atoms with Crippen LogP contribution in [0.2, 0.25) is 0 Å². The van der Waals surface area contributed by atoms with Gasteiger partial charge in [0.25, 0.3) is 0 Å². The summed E-state index contributed by atoms with van der Waals surface area (Å²) in [6.45, 7) is 15.7. The number of nitrogen functional groups attached to an aromatic ring is 1. The minimum atomic E-state index is -1.75. The largest absolute Gasteiger partial charge is 0.458 e. The van der Waals surface area contributed by atoms with Gasteiger partial charge in [-0.3, -0.25) is 19.2 Å². The Labute approximate surface area is 354 Å². The molecule has 3 fully saturated rings. The molecule has 0 saturated carbocycles. The Morgan fingerprint density at radius 3 is 2.47 bits per heavy atom. The van der Waals surface area contributed by atoms with E-state index in [1.54, 1.807) is 23.4 Å². The van der Waals surface area contributed by atoms with Crippen molar-refractivity contribution in [3.63, 3.8) is 0 Å². The lowest BCUT2D eigenvalue weighted by Crippen LogP contribution is -2.62. The van der Waals surface area contributed by atoms with Crippen LogP contribution in [0.3, 0.4) is 0 Å². The molecule has 14 unspecified atom stereocenters. The summed E-state index contributed by atoms with van der Waals surface area (Å²) in [7, 11) is 1.42. The Balaban J connectivity index is 1.41. The predicted octanol–water partition coefficient (Wildman–Crippen LogP) is 3.50. The normalized spacial score (nSPS) is 37.2. The molecule has 336 valence electrons. The molecule has 1 aromatic carbocycles. The molecule has 1 amide bonds. The molecular weight excluding hydrogens is 775 g/mol. The zero-order valence-corrected chi connectivity index (χ0v) is 36.8. The van der Waals surface area contributed by atoms with Gasteiger partial charge >= 0.3 is 12.1 Å². The number of benzene rings is 1. The van der Waals surface area contributed by atoms with E-state index in [0.29, 0.717) is 56.7 Å². The number of Topliss-reactive ketones (excluding diaryl/α,β-unsaturated/α-hetero) is 1. The van der Waals surface area contributed by atoms with Crippen LogP contribution in [-0.4, -0.2) is 129 Å². The Hall–Kier alpha value is -3.71. The second-order valence-electron chi connectivity index (χ2n) is 17.5. The van der Waals surface area contributed by atoms with Gasteiger partial charge < -0.3 is 50.7 Å². The maximum atomic E-state index is 14.5. The van der Waals surface area contributed by atoms with Gasteiger partial charge in [0.2, 0.25) is 0 Å². The van der Waals surface area contributed by atoms with Crippen molar-refractivity contribution >= 4 is 23.5 Å². The molecule has 3 aliphatic heterocycles. The van der Waals surface area contributed by atoms with E-state index in [9.17, 15) is 24.6 Å². The number of carbonyl (C=O) groups is 3. The van der Waals surface area contributed by atoms with E-state index in [4.69, 9.17) is 35.2 Å². The number of esters is 1. The van der Waals surface area contributed by atoms with Gasteiger partial charge in [-0.25, -0.2) is 4.79 Å². The van der Waals surface area contributed by atoms with E-state index >= 15 is 0 Å². The van der Waals surface area contributed by atoms with E-state index in [0.717, 1.165) is 5.56 Å². The smallest absolute Gasteiger partial charge is 0.410 e. The van der Waals surface area contributed by atoms with Crippen LogP contribution in [0.15, 0.2) is 30.5 Å². The van der Waals surface area contributed by atoms with Gasteiger partial charge in [0.15, 0.2) is 23.5 Å². The number of cyclic esters (lactones) is 1. The lowest BCUT2D eigenvalue weighted by Gasteiger charge is -2.49. The van der Waals surface area contributed by atoms with Gasteiger partial charge in [0, 0.05) is 56.1 Å². The van der Waals surface area contributed by atoms with Crippen molar-refractivity contribution < 1.29 is 48.3 Å². The molecule has 0 radical (unpaired) electrons. The lowest BCUT2D eigenvalue weighted by atomic mass is 9.76. The first-order valence-corrected chi connectivity index (χ1v) is 21.6. The SMILES string of the molecule is CCC1OC(=O)C(C)C(=O)C(C)C(OC)(OC2OC(C)C(C)C(N)C2O)C(CCO)CC(C)CNC(C)C2N(CCCCn3cc(-c4cccc(N)c4)nn3)C(=O)OC12C. The summed E-state index contributed by atoms with van der Waals surface area (Å²) >= 11 is 0. The summed E-state index contributed by atoms with van der Waals surface area (Å²) in [5.74, 6) is -6.32. The standard InChI is InChI=1S/C43H69N7O10/c1-10-34-42(8)38(50(41(55)60-42)18-12-11-17-49-23-33(47-48-49)30-14-13-15-32(44)21-30)28(6)46-22-24(2)20-31(16-19-51)43(56-9,27(5)36(52)26(4)39(54)58-34)59-40-37(53)35(45)25(3)29(7)57-40/h13-15,21,23-29,31,34-35,37-38,40,46,51,53H,10-12,16-20,22,44-45H2,1-9H3. The number of methoxy groups -OCH3 is 1. The molecule has 4 heterocycles. The molecule has 2 aromatic rings. The third-order valence-electron chi connectivity index (χ3n) is 13.3. The second-order valence-corrected chi connectivity index (χ2v) is 17.5. The lowest BCUT2D eigenvalue weighted by molar-refractivity contribution is -0.374. The summed E-state index contributed by atoms with van der Waals surface area (Å²) < 4.78 is 33.2. The number of fused-ring (bicyclic) bond motifs is 1. The maximum Gasteiger partial charge on any atom is 0.410 e. The molecular formula is C43H69N7O10. The fraction of sp³-hybridized carbons (Fsp3) is 0.744. The average Bonchev–Trinajstić information content (AvgIpc) is 3.80. The van der Waals surface area contributed by atoms with E-state index < -0.39 is 77.6 Å². The Morgan fingerprint density at radius 2 is 1.80 bits per heavy atom. The highest BCUT2D eigenvalue weighted by Gasteiger charge is 2.59. The highest BCUT2D eigenvalue weighted by molar-refractivity contribution is 6.00. The number of aliphatic hydroxyl groups excluding tert-OH is 2. The van der Waals surface area contributed by atoms with Crippen molar-refractivity contribution in [3.05, 3.63) is 30.5 Å². The van der Waals surface area contributed by atoms with E-state index in [1.165, 1.54) is 14.0 Å². The summed E-state index contributed by atoms with van der Waals surface area (Å²) in [4.78, 5) is 44.2. The van der Waals surface area contributed by atoms with Crippen LogP contribution in [0, 0.1) is 29.6 Å². The van der Waals surface area contributed by atoms with Crippen molar-refractivity contribution in [2.45, 2.75) is 148 Å². The summed E-state index contributed by atoms with van der Waals surface area (Å²) in [6.07, 6.45) is -0.216. The number of nitrogens with zero attached hydrogens (tertiary/aromatic N) is 4. The zero-order valence-electron chi connectivity index (χ0n) is 36.8. The van der Waals surface area contributed by atoms with Crippen LogP contribution in [0.5, 0.6) is 0 Å². The van der Waals surface area contributed by atoms with E-state index in [2.05, 4.69) is 15.6 Å². The topological polar surface area (TPSA) is 236 Å². The molecule has 17 nitrogen and oxygen atoms in total. The number of hydrogen-bond donors (Lipinski definition) is 5. The van der Waals surface area contributed by atoms with Gasteiger partial charge in [-0.05, 0) is 90.3 Å². The first-order chi connectivity index (χ1) is 28.4. The van der Waals surface area contributed by atoms with E-state index in [-0.39, 0.29) is 37.0 Å². The van der Waals surface area contributed by atoms with Crippen molar-refractivity contribution in [3.8, 4) is 11.3 Å². The fourth-order valence-corrected chi connectivity index (χ4v) is 9.46. The predicted molar refractivity (Wildman–Crippen MR) is 223 cm³/mol. The minimum Gasteiger partial charge on any atom is -0.458 e. The molecule has 0 bridgehead atoms. The quantitative estimate of drug-likeness (QED) is 0.0676. The van der Waals surface area contributed by atoms with Crippen LogP contribution in [-0.2, 0) is 39.8 Å². The molecule has 0 spiro atoms. The van der Waals surface area contributed by atoms with Crippen molar-refractivity contribution in [1.82, 2.24) is 25.2 Å². The monoisotopic (exact) mass is 844 g/mol. The van der Waals surface area contributed by atoms with Gasteiger partial charge in [-0.1, -0.05) is 45.0 Å². The Morgan fingerprint density at radius 1 is 1.08 bits per heavy atom. The molecule has 60 heavy (non-hydrogen) atoms. The Kier molecular flexibility index (Phi) is 15.8. The average molecular weight is 844 g/mol.